The van der Waals surface area contributed by atoms with Gasteiger partial charge in [0, 0.05) is 37.9 Å². The van der Waals surface area contributed by atoms with Crippen molar-refractivity contribution in [3.8, 4) is 22.5 Å². The summed E-state index contributed by atoms with van der Waals surface area (Å²) < 4.78 is 6.39. The number of hydrogen-bond donors (Lipinski definition) is 0. The molecule has 0 atom stereocenters. The van der Waals surface area contributed by atoms with E-state index in [0.717, 1.165) is 44.5 Å². The zero-order valence-corrected chi connectivity index (χ0v) is 27.4. The molecule has 1 radical (unpaired) electrons. The summed E-state index contributed by atoms with van der Waals surface area (Å²) in [4.78, 5) is 8.98. The number of furan rings is 1. The van der Waals surface area contributed by atoms with E-state index < -0.39 is 0 Å². The first-order valence-electron chi connectivity index (χ1n) is 14.5. The maximum atomic E-state index is 6.39. The summed E-state index contributed by atoms with van der Waals surface area (Å²) in [5.41, 5.74) is 10.4. The maximum absolute atomic E-state index is 6.39. The van der Waals surface area contributed by atoms with Gasteiger partial charge >= 0.3 is 0 Å². The number of aromatic nitrogens is 2. The molecule has 0 N–H and O–H groups in total. The van der Waals surface area contributed by atoms with Gasteiger partial charge in [0.05, 0.1) is 5.58 Å². The van der Waals surface area contributed by atoms with Crippen LogP contribution in [0.4, 0.5) is 0 Å². The van der Waals surface area contributed by atoms with E-state index in [9.17, 15) is 0 Å². The Hall–Kier alpha value is -4.63. The Morgan fingerprint density at radius 2 is 1.39 bits per heavy atom. The van der Waals surface area contributed by atoms with Crippen molar-refractivity contribution in [1.82, 2.24) is 9.97 Å². The van der Waals surface area contributed by atoms with E-state index in [0.29, 0.717) is 0 Å². The van der Waals surface area contributed by atoms with E-state index >= 15 is 0 Å². The predicted octanol–water partition coefficient (Wildman–Crippen LogP) is 10.5. The zero-order chi connectivity index (χ0) is 29.5. The molecule has 0 bridgehead atoms. The van der Waals surface area contributed by atoms with E-state index in [4.69, 9.17) is 4.42 Å². The van der Waals surface area contributed by atoms with Crippen LogP contribution in [-0.4, -0.2) is 9.97 Å². The van der Waals surface area contributed by atoms with Crippen LogP contribution < -0.4 is 0 Å². The minimum absolute atomic E-state index is 0. The molecule has 0 saturated carbocycles. The Bertz CT molecular complexity index is 2220. The van der Waals surface area contributed by atoms with Gasteiger partial charge in [-0.25, -0.2) is 0 Å². The van der Waals surface area contributed by atoms with E-state index in [1.54, 1.807) is 0 Å². The van der Waals surface area contributed by atoms with Gasteiger partial charge in [-0.2, -0.15) is 0 Å². The van der Waals surface area contributed by atoms with Crippen LogP contribution in [-0.2, 0) is 20.1 Å². The molecule has 217 valence electrons. The van der Waals surface area contributed by atoms with Gasteiger partial charge in [0.1, 0.15) is 5.58 Å². The van der Waals surface area contributed by atoms with Crippen LogP contribution in [0.25, 0.3) is 66.0 Å². The first-order valence-corrected chi connectivity index (χ1v) is 14.5. The molecule has 3 aromatic heterocycles. The van der Waals surface area contributed by atoms with Crippen LogP contribution in [0.2, 0.25) is 0 Å². The fraction of sp³-hybridized carbons (Fsp3) is 0.100. The number of hydrogen-bond acceptors (Lipinski definition) is 3. The molecular formula is C40H30IrN2O-2. The van der Waals surface area contributed by atoms with Crippen molar-refractivity contribution >= 4 is 43.5 Å². The normalized spacial score (nSPS) is 11.0. The molecule has 0 spiro atoms. The minimum atomic E-state index is 0. The average molecular weight is 747 g/mol. The largest absolute Gasteiger partial charge is 0.501 e. The third-order valence-corrected chi connectivity index (χ3v) is 8.08. The zero-order valence-electron chi connectivity index (χ0n) is 25.0. The van der Waals surface area contributed by atoms with Crippen LogP contribution in [0.15, 0.2) is 114 Å². The Morgan fingerprint density at radius 1 is 0.591 bits per heavy atom. The quantitative estimate of drug-likeness (QED) is 0.131. The van der Waals surface area contributed by atoms with E-state index in [1.807, 2.05) is 43.6 Å². The Morgan fingerprint density at radius 3 is 2.16 bits per heavy atom. The number of pyridine rings is 2. The minimum Gasteiger partial charge on any atom is -0.501 e. The Labute approximate surface area is 271 Å². The maximum Gasteiger partial charge on any atom is 0.121 e. The van der Waals surface area contributed by atoms with Crippen LogP contribution in [0.3, 0.4) is 0 Å². The van der Waals surface area contributed by atoms with E-state index in [1.165, 1.54) is 43.8 Å². The van der Waals surface area contributed by atoms with Crippen molar-refractivity contribution in [3.63, 3.8) is 0 Å². The molecule has 0 unspecified atom stereocenters. The molecule has 0 aliphatic rings. The van der Waals surface area contributed by atoms with Gasteiger partial charge in [0.15, 0.2) is 0 Å². The molecule has 5 aromatic carbocycles. The SMILES string of the molecule is Cc1c[c-]c(-c2ccc(C)cn2)cc1.Cc1cnc(-c2[c-]ccc3c2oc2cc4c(ccc5ccccc54)cc23)cc1C.[Ir]. The number of rotatable bonds is 2. The van der Waals surface area contributed by atoms with Crippen molar-refractivity contribution in [3.05, 3.63) is 144 Å². The predicted molar refractivity (Wildman–Crippen MR) is 178 cm³/mol. The van der Waals surface area contributed by atoms with Gasteiger partial charge in [-0.15, -0.1) is 53.6 Å². The van der Waals surface area contributed by atoms with Gasteiger partial charge < -0.3 is 14.4 Å². The smallest absolute Gasteiger partial charge is 0.121 e. The summed E-state index contributed by atoms with van der Waals surface area (Å²) in [5, 5.41) is 7.14. The van der Waals surface area contributed by atoms with Crippen LogP contribution in [0, 0.1) is 39.8 Å². The molecule has 44 heavy (non-hydrogen) atoms. The summed E-state index contributed by atoms with van der Waals surface area (Å²) in [5.74, 6) is 0. The Kier molecular flexibility index (Phi) is 8.14. The van der Waals surface area contributed by atoms with Crippen LogP contribution in [0.5, 0.6) is 0 Å². The number of aryl methyl sites for hydroxylation is 4. The van der Waals surface area contributed by atoms with E-state index in [-0.39, 0.29) is 20.1 Å². The average Bonchev–Trinajstić information content (AvgIpc) is 3.40. The van der Waals surface area contributed by atoms with Crippen molar-refractivity contribution in [2.45, 2.75) is 27.7 Å². The molecule has 0 amide bonds. The molecular weight excluding hydrogens is 717 g/mol. The third-order valence-electron chi connectivity index (χ3n) is 8.08. The second-order valence-electron chi connectivity index (χ2n) is 11.2. The third kappa shape index (κ3) is 5.55. The topological polar surface area (TPSA) is 38.9 Å². The second kappa shape index (κ2) is 12.2. The monoisotopic (exact) mass is 747 g/mol. The summed E-state index contributed by atoms with van der Waals surface area (Å²) in [6, 6.07) is 40.2. The summed E-state index contributed by atoms with van der Waals surface area (Å²) in [6.45, 7) is 8.28. The van der Waals surface area contributed by atoms with Gasteiger partial charge in [-0.05, 0) is 77.0 Å². The standard InChI is InChI=1S/C27H18NO.C13H12N.Ir/c1-16-12-25(28-15-17(16)2)22-9-5-8-21-24-13-19-11-10-18-6-3-4-7-20(18)23(19)14-26(24)29-27(21)22;1-10-3-6-12(7-4-10)13-8-5-11(2)9-14-13;/h3-8,10-15H,1-2H3;3-6,8-9H,1-2H3;/q2*-1;. The summed E-state index contributed by atoms with van der Waals surface area (Å²) in [7, 11) is 0. The molecule has 3 nitrogen and oxygen atoms in total. The van der Waals surface area contributed by atoms with Crippen LogP contribution in [0.1, 0.15) is 22.3 Å². The van der Waals surface area contributed by atoms with Crippen molar-refractivity contribution < 1.29 is 24.5 Å². The first kappa shape index (κ1) is 29.4. The fourth-order valence-corrected chi connectivity index (χ4v) is 5.48. The first-order chi connectivity index (χ1) is 20.9. The van der Waals surface area contributed by atoms with Gasteiger partial charge in [-0.1, -0.05) is 78.0 Å². The summed E-state index contributed by atoms with van der Waals surface area (Å²) in [6.07, 6.45) is 3.80. The van der Waals surface area contributed by atoms with Gasteiger partial charge in [0.25, 0.3) is 0 Å². The van der Waals surface area contributed by atoms with Crippen molar-refractivity contribution in [2.24, 2.45) is 0 Å². The molecule has 0 aliphatic carbocycles. The molecule has 3 heterocycles. The molecule has 0 fully saturated rings. The summed E-state index contributed by atoms with van der Waals surface area (Å²) >= 11 is 0. The van der Waals surface area contributed by atoms with Crippen LogP contribution >= 0.6 is 0 Å². The van der Waals surface area contributed by atoms with Crippen molar-refractivity contribution in [1.29, 1.82) is 0 Å². The Balaban J connectivity index is 0.000000194. The number of fused-ring (bicyclic) bond motifs is 6. The number of benzene rings is 5. The molecule has 0 saturated heterocycles. The molecule has 0 aliphatic heterocycles. The van der Waals surface area contributed by atoms with Crippen molar-refractivity contribution in [2.75, 3.05) is 0 Å². The van der Waals surface area contributed by atoms with E-state index in [2.05, 4.69) is 116 Å². The second-order valence-corrected chi connectivity index (χ2v) is 11.2. The van der Waals surface area contributed by atoms with Gasteiger partial charge in [0.2, 0.25) is 0 Å². The molecule has 8 aromatic rings. The van der Waals surface area contributed by atoms with Gasteiger partial charge in [-0.3, -0.25) is 0 Å². The fourth-order valence-electron chi connectivity index (χ4n) is 5.48. The molecule has 4 heteroatoms. The number of nitrogens with zero attached hydrogens (tertiary/aromatic N) is 2. The molecule has 8 rings (SSSR count).